The molecule has 78 valence electrons. The number of nitrogens with one attached hydrogen (secondary N) is 1. The summed E-state index contributed by atoms with van der Waals surface area (Å²) in [4.78, 5) is 0. The Hall–Kier alpha value is 0.160. The Morgan fingerprint density at radius 3 is 2.77 bits per heavy atom. The van der Waals surface area contributed by atoms with Crippen LogP contribution in [0.4, 0.5) is 0 Å². The van der Waals surface area contributed by atoms with Crippen LogP contribution in [0, 0.1) is 0 Å². The number of halogens is 1. The summed E-state index contributed by atoms with van der Waals surface area (Å²) in [5.74, 6) is 0. The lowest BCUT2D eigenvalue weighted by Crippen LogP contribution is -2.51. The minimum Gasteiger partial charge on any atom is -0.380 e. The lowest BCUT2D eigenvalue weighted by molar-refractivity contribution is 0.0387. The molecule has 0 aliphatic carbocycles. The van der Waals surface area contributed by atoms with Crippen molar-refractivity contribution >= 4 is 21.6 Å². The zero-order valence-electron chi connectivity index (χ0n) is 7.55. The molecule has 0 bridgehead atoms. The third kappa shape index (κ3) is 3.42. The Labute approximate surface area is 83.7 Å². The number of sulfonamides is 1. The molecule has 1 rings (SSSR count). The van der Waals surface area contributed by atoms with Gasteiger partial charge in [-0.3, -0.25) is 0 Å². The Kier molecular flexibility index (Phi) is 3.57. The molecule has 0 saturated carbocycles. The van der Waals surface area contributed by atoms with Crippen LogP contribution >= 0.6 is 11.6 Å². The molecule has 1 unspecified atom stereocenters. The molecule has 6 heteroatoms. The molecule has 4 nitrogen and oxygen atoms in total. The van der Waals surface area contributed by atoms with Gasteiger partial charge in [-0.1, -0.05) is 0 Å². The topological polar surface area (TPSA) is 55.4 Å². The molecule has 1 aliphatic rings. The molecule has 1 fully saturated rings. The molecule has 0 amide bonds. The summed E-state index contributed by atoms with van der Waals surface area (Å²) in [6.45, 7) is 2.96. The molecule has 0 spiro atoms. The zero-order chi connectivity index (χ0) is 9.95. The second-order valence-electron chi connectivity index (χ2n) is 3.54. The van der Waals surface area contributed by atoms with Crippen LogP contribution in [0.2, 0.25) is 0 Å². The SMILES string of the molecule is CC1(NS(=O)(=O)CCl)CCCOC1. The lowest BCUT2D eigenvalue weighted by atomic mass is 9.97. The Morgan fingerprint density at radius 1 is 1.62 bits per heavy atom. The molecule has 1 N–H and O–H groups in total. The van der Waals surface area contributed by atoms with E-state index in [0.29, 0.717) is 13.2 Å². The molecule has 13 heavy (non-hydrogen) atoms. The summed E-state index contributed by atoms with van der Waals surface area (Å²) in [5.41, 5.74) is -0.480. The van der Waals surface area contributed by atoms with Crippen LogP contribution in [-0.2, 0) is 14.8 Å². The number of ether oxygens (including phenoxy) is 1. The van der Waals surface area contributed by atoms with Gasteiger partial charge in [0.05, 0.1) is 12.1 Å². The van der Waals surface area contributed by atoms with Crippen LogP contribution in [0.3, 0.4) is 0 Å². The van der Waals surface area contributed by atoms with Crippen LogP contribution in [-0.4, -0.2) is 32.4 Å². The largest absolute Gasteiger partial charge is 0.380 e. The van der Waals surface area contributed by atoms with Gasteiger partial charge in [0, 0.05) is 6.61 Å². The van der Waals surface area contributed by atoms with Gasteiger partial charge in [-0.2, -0.15) is 0 Å². The number of rotatable bonds is 3. The highest BCUT2D eigenvalue weighted by molar-refractivity contribution is 7.90. The van der Waals surface area contributed by atoms with Gasteiger partial charge in [-0.25, -0.2) is 13.1 Å². The maximum absolute atomic E-state index is 11.2. The van der Waals surface area contributed by atoms with E-state index < -0.39 is 20.8 Å². The van der Waals surface area contributed by atoms with Crippen molar-refractivity contribution in [3.63, 3.8) is 0 Å². The Bertz CT molecular complexity index is 259. The predicted octanol–water partition coefficient (Wildman–Crippen LogP) is 0.671. The minimum atomic E-state index is -3.34. The van der Waals surface area contributed by atoms with Crippen molar-refractivity contribution < 1.29 is 13.2 Å². The fraction of sp³-hybridized carbons (Fsp3) is 1.00. The summed E-state index contributed by atoms with van der Waals surface area (Å²) in [6.07, 6.45) is 1.67. The first kappa shape index (κ1) is 11.2. The molecule has 1 atom stereocenters. The average Bonchev–Trinajstić information content (AvgIpc) is 2.04. The van der Waals surface area contributed by atoms with Crippen molar-refractivity contribution in [3.8, 4) is 0 Å². The monoisotopic (exact) mass is 227 g/mol. The molecule has 1 saturated heterocycles. The first-order chi connectivity index (χ1) is 5.97. The van der Waals surface area contributed by atoms with Gasteiger partial charge in [0.15, 0.2) is 0 Å². The molecular weight excluding hydrogens is 214 g/mol. The van der Waals surface area contributed by atoms with Crippen molar-refractivity contribution in [1.82, 2.24) is 4.72 Å². The van der Waals surface area contributed by atoms with E-state index in [0.717, 1.165) is 12.8 Å². The fourth-order valence-electron chi connectivity index (χ4n) is 1.42. The normalized spacial score (nSPS) is 30.3. The summed E-state index contributed by atoms with van der Waals surface area (Å²) in [6, 6.07) is 0. The minimum absolute atomic E-state index is 0.400. The number of hydrogen-bond donors (Lipinski definition) is 1. The smallest absolute Gasteiger partial charge is 0.226 e. The second-order valence-corrected chi connectivity index (χ2v) is 5.85. The molecule has 1 heterocycles. The highest BCUT2D eigenvalue weighted by Gasteiger charge is 2.31. The van der Waals surface area contributed by atoms with Crippen LogP contribution in [0.1, 0.15) is 19.8 Å². The maximum atomic E-state index is 11.2. The lowest BCUT2D eigenvalue weighted by Gasteiger charge is -2.33. The van der Waals surface area contributed by atoms with Crippen LogP contribution < -0.4 is 4.72 Å². The maximum Gasteiger partial charge on any atom is 0.226 e. The van der Waals surface area contributed by atoms with Gasteiger partial charge in [0.25, 0.3) is 0 Å². The molecule has 0 aromatic carbocycles. The molecule has 0 radical (unpaired) electrons. The summed E-state index contributed by atoms with van der Waals surface area (Å²) in [5, 5.41) is -0.400. The van der Waals surface area contributed by atoms with E-state index in [4.69, 9.17) is 16.3 Å². The van der Waals surface area contributed by atoms with Gasteiger partial charge in [-0.05, 0) is 19.8 Å². The predicted molar refractivity (Wildman–Crippen MR) is 51.2 cm³/mol. The summed E-state index contributed by atoms with van der Waals surface area (Å²) < 4.78 is 30.1. The highest BCUT2D eigenvalue weighted by atomic mass is 35.5. The van der Waals surface area contributed by atoms with Gasteiger partial charge >= 0.3 is 0 Å². The first-order valence-corrected chi connectivity index (χ1v) is 6.31. The molecule has 0 aromatic rings. The van der Waals surface area contributed by atoms with Gasteiger partial charge in [0.1, 0.15) is 5.21 Å². The number of alkyl halides is 1. The average molecular weight is 228 g/mol. The van der Waals surface area contributed by atoms with Crippen LogP contribution in [0.5, 0.6) is 0 Å². The zero-order valence-corrected chi connectivity index (χ0v) is 9.12. The molecular formula is C7H14ClNO3S. The third-order valence-corrected chi connectivity index (χ3v) is 3.94. The van der Waals surface area contributed by atoms with Crippen molar-refractivity contribution in [1.29, 1.82) is 0 Å². The van der Waals surface area contributed by atoms with Crippen molar-refractivity contribution in [2.24, 2.45) is 0 Å². The van der Waals surface area contributed by atoms with E-state index >= 15 is 0 Å². The van der Waals surface area contributed by atoms with Gasteiger partial charge in [0.2, 0.25) is 10.0 Å². The van der Waals surface area contributed by atoms with Crippen LogP contribution in [0.15, 0.2) is 0 Å². The standard InChI is InChI=1S/C7H14ClNO3S/c1-7(3-2-4-12-5-7)9-13(10,11)6-8/h9H,2-6H2,1H3. The fourth-order valence-corrected chi connectivity index (χ4v) is 2.55. The van der Waals surface area contributed by atoms with Crippen molar-refractivity contribution in [2.45, 2.75) is 25.3 Å². The van der Waals surface area contributed by atoms with E-state index in [1.165, 1.54) is 0 Å². The van der Waals surface area contributed by atoms with Crippen molar-refractivity contribution in [3.05, 3.63) is 0 Å². The quantitative estimate of drug-likeness (QED) is 0.722. The van der Waals surface area contributed by atoms with Crippen LogP contribution in [0.25, 0.3) is 0 Å². The summed E-state index contributed by atoms with van der Waals surface area (Å²) >= 11 is 5.28. The third-order valence-electron chi connectivity index (χ3n) is 1.98. The second kappa shape index (κ2) is 4.13. The molecule has 1 aliphatic heterocycles. The number of hydrogen-bond acceptors (Lipinski definition) is 3. The Morgan fingerprint density at radius 2 is 2.31 bits per heavy atom. The van der Waals surface area contributed by atoms with E-state index in [1.807, 2.05) is 6.92 Å². The van der Waals surface area contributed by atoms with Gasteiger partial charge < -0.3 is 4.74 Å². The first-order valence-electron chi connectivity index (χ1n) is 4.13. The molecule has 0 aromatic heterocycles. The van der Waals surface area contributed by atoms with E-state index in [2.05, 4.69) is 4.72 Å². The van der Waals surface area contributed by atoms with Crippen molar-refractivity contribution in [2.75, 3.05) is 18.4 Å². The highest BCUT2D eigenvalue weighted by Crippen LogP contribution is 2.19. The Balaban J connectivity index is 2.60. The van der Waals surface area contributed by atoms with E-state index in [1.54, 1.807) is 0 Å². The van der Waals surface area contributed by atoms with E-state index in [-0.39, 0.29) is 0 Å². The summed E-state index contributed by atoms with van der Waals surface area (Å²) in [7, 11) is -3.34. The van der Waals surface area contributed by atoms with Gasteiger partial charge in [-0.15, -0.1) is 11.6 Å². The van der Waals surface area contributed by atoms with E-state index in [9.17, 15) is 8.42 Å².